The van der Waals surface area contributed by atoms with E-state index in [0.29, 0.717) is 6.42 Å². The van der Waals surface area contributed by atoms with Crippen molar-refractivity contribution in [1.82, 2.24) is 15.8 Å². The van der Waals surface area contributed by atoms with E-state index in [0.717, 1.165) is 5.56 Å². The third kappa shape index (κ3) is 4.18. The number of hydrazine groups is 1. The lowest BCUT2D eigenvalue weighted by Gasteiger charge is -2.21. The number of hydrogen-bond acceptors (Lipinski definition) is 3. The number of amides is 2. The van der Waals surface area contributed by atoms with E-state index in [1.54, 1.807) is 7.05 Å². The number of carbonyl (C=O) groups is 2. The predicted octanol–water partition coefficient (Wildman–Crippen LogP) is 0.327. The van der Waals surface area contributed by atoms with Gasteiger partial charge in [0.25, 0.3) is 5.91 Å². The van der Waals surface area contributed by atoms with Crippen molar-refractivity contribution >= 4 is 11.8 Å². The highest BCUT2D eigenvalue weighted by Crippen LogP contribution is 2.03. The maximum Gasteiger partial charge on any atom is 0.256 e. The number of carbonyl (C=O) groups excluding carboxylic acids is 2. The van der Waals surface area contributed by atoms with Crippen LogP contribution in [0.15, 0.2) is 30.3 Å². The molecule has 0 bridgehead atoms. The fourth-order valence-electron chi connectivity index (χ4n) is 1.50. The standard InChI is InChI=1S/C13H19N3O2/c1-10(17)16(3)15-13(18)12(14-2)9-11-7-5-4-6-8-11/h4-8,12,14H,9H2,1-3H3,(H,15,18)/t12-/m1/s1. The fraction of sp³-hybridized carbons (Fsp3) is 0.385. The van der Waals surface area contributed by atoms with Crippen molar-refractivity contribution in [3.63, 3.8) is 0 Å². The molecule has 1 rings (SSSR count). The Morgan fingerprint density at radius 3 is 2.39 bits per heavy atom. The second-order valence-corrected chi connectivity index (χ2v) is 4.09. The van der Waals surface area contributed by atoms with E-state index in [2.05, 4.69) is 10.7 Å². The largest absolute Gasteiger partial charge is 0.309 e. The number of benzene rings is 1. The molecule has 0 heterocycles. The lowest BCUT2D eigenvalue weighted by atomic mass is 10.1. The maximum atomic E-state index is 11.9. The second kappa shape index (κ2) is 6.76. The monoisotopic (exact) mass is 249 g/mol. The lowest BCUT2D eigenvalue weighted by molar-refractivity contribution is -0.139. The Bertz CT molecular complexity index is 406. The molecule has 1 aromatic rings. The van der Waals surface area contributed by atoms with Crippen LogP contribution < -0.4 is 10.7 Å². The molecule has 2 N–H and O–H groups in total. The molecule has 5 nitrogen and oxygen atoms in total. The Morgan fingerprint density at radius 2 is 1.89 bits per heavy atom. The van der Waals surface area contributed by atoms with Crippen LogP contribution in [0, 0.1) is 0 Å². The maximum absolute atomic E-state index is 11.9. The summed E-state index contributed by atoms with van der Waals surface area (Å²) < 4.78 is 0. The highest BCUT2D eigenvalue weighted by molar-refractivity contribution is 5.84. The topological polar surface area (TPSA) is 61.4 Å². The highest BCUT2D eigenvalue weighted by atomic mass is 16.2. The zero-order valence-corrected chi connectivity index (χ0v) is 10.9. The van der Waals surface area contributed by atoms with Crippen LogP contribution >= 0.6 is 0 Å². The number of hydrogen-bond donors (Lipinski definition) is 2. The molecule has 2 amide bonds. The molecule has 0 spiro atoms. The van der Waals surface area contributed by atoms with E-state index < -0.39 is 0 Å². The van der Waals surface area contributed by atoms with Crippen LogP contribution in [0.5, 0.6) is 0 Å². The van der Waals surface area contributed by atoms with Gasteiger partial charge in [0.15, 0.2) is 0 Å². The first-order valence-corrected chi connectivity index (χ1v) is 5.80. The van der Waals surface area contributed by atoms with E-state index in [9.17, 15) is 9.59 Å². The molecular formula is C13H19N3O2. The van der Waals surface area contributed by atoms with Crippen LogP contribution in [0.25, 0.3) is 0 Å². The molecule has 0 aliphatic carbocycles. The molecular weight excluding hydrogens is 230 g/mol. The Balaban J connectivity index is 2.61. The minimum Gasteiger partial charge on any atom is -0.309 e. The van der Waals surface area contributed by atoms with Gasteiger partial charge in [-0.2, -0.15) is 0 Å². The van der Waals surface area contributed by atoms with Gasteiger partial charge in [0, 0.05) is 14.0 Å². The van der Waals surface area contributed by atoms with Gasteiger partial charge in [0.05, 0.1) is 6.04 Å². The average molecular weight is 249 g/mol. The van der Waals surface area contributed by atoms with E-state index in [1.165, 1.54) is 19.0 Å². The van der Waals surface area contributed by atoms with Crippen molar-refractivity contribution < 1.29 is 9.59 Å². The Morgan fingerprint density at radius 1 is 1.28 bits per heavy atom. The van der Waals surface area contributed by atoms with Crippen LogP contribution in [-0.2, 0) is 16.0 Å². The van der Waals surface area contributed by atoms with Crippen LogP contribution in [-0.4, -0.2) is 37.0 Å². The lowest BCUT2D eigenvalue weighted by Crippen LogP contribution is -2.51. The summed E-state index contributed by atoms with van der Waals surface area (Å²) in [6, 6.07) is 9.36. The minimum absolute atomic E-state index is 0.210. The number of nitrogens with one attached hydrogen (secondary N) is 2. The summed E-state index contributed by atoms with van der Waals surface area (Å²) in [5.74, 6) is -0.433. The molecule has 98 valence electrons. The third-order valence-corrected chi connectivity index (χ3v) is 2.70. The van der Waals surface area contributed by atoms with E-state index >= 15 is 0 Å². The summed E-state index contributed by atoms with van der Waals surface area (Å²) in [6.07, 6.45) is 0.578. The van der Waals surface area contributed by atoms with Gasteiger partial charge in [-0.1, -0.05) is 30.3 Å². The van der Waals surface area contributed by atoms with Gasteiger partial charge < -0.3 is 5.32 Å². The Kier molecular flexibility index (Phi) is 5.32. The summed E-state index contributed by atoms with van der Waals surface area (Å²) in [5.41, 5.74) is 3.60. The first-order valence-electron chi connectivity index (χ1n) is 5.80. The van der Waals surface area contributed by atoms with Gasteiger partial charge in [-0.3, -0.25) is 20.0 Å². The van der Waals surface area contributed by atoms with Crippen LogP contribution in [0.4, 0.5) is 0 Å². The smallest absolute Gasteiger partial charge is 0.256 e. The van der Waals surface area contributed by atoms with Crippen molar-refractivity contribution in [3.05, 3.63) is 35.9 Å². The van der Waals surface area contributed by atoms with Gasteiger partial charge in [-0.05, 0) is 19.0 Å². The van der Waals surface area contributed by atoms with E-state index in [1.807, 2.05) is 30.3 Å². The molecule has 0 saturated carbocycles. The highest BCUT2D eigenvalue weighted by Gasteiger charge is 2.18. The molecule has 0 unspecified atom stereocenters. The molecule has 1 atom stereocenters. The summed E-state index contributed by atoms with van der Waals surface area (Å²) >= 11 is 0. The molecule has 0 aliphatic rings. The molecule has 0 fully saturated rings. The zero-order valence-electron chi connectivity index (χ0n) is 10.9. The summed E-state index contributed by atoms with van der Waals surface area (Å²) in [4.78, 5) is 23.0. The number of nitrogens with zero attached hydrogens (tertiary/aromatic N) is 1. The molecule has 5 heteroatoms. The normalized spacial score (nSPS) is 11.7. The van der Waals surface area contributed by atoms with E-state index in [-0.39, 0.29) is 17.9 Å². The SMILES string of the molecule is CN[C@H](Cc1ccccc1)C(=O)NN(C)C(C)=O. The summed E-state index contributed by atoms with van der Waals surface area (Å²) in [7, 11) is 3.25. The van der Waals surface area contributed by atoms with Gasteiger partial charge >= 0.3 is 0 Å². The van der Waals surface area contributed by atoms with Crippen LogP contribution in [0.3, 0.4) is 0 Å². The van der Waals surface area contributed by atoms with Crippen LogP contribution in [0.1, 0.15) is 12.5 Å². The van der Waals surface area contributed by atoms with Gasteiger partial charge in [0.2, 0.25) is 5.91 Å². The molecule has 0 saturated heterocycles. The van der Waals surface area contributed by atoms with Gasteiger partial charge in [-0.15, -0.1) is 0 Å². The molecule has 0 aliphatic heterocycles. The zero-order chi connectivity index (χ0) is 13.5. The van der Waals surface area contributed by atoms with Crippen molar-refractivity contribution in [3.8, 4) is 0 Å². The van der Waals surface area contributed by atoms with Crippen LogP contribution in [0.2, 0.25) is 0 Å². The van der Waals surface area contributed by atoms with Crippen molar-refractivity contribution in [1.29, 1.82) is 0 Å². The quantitative estimate of drug-likeness (QED) is 0.756. The Hall–Kier alpha value is -1.88. The first-order chi connectivity index (χ1) is 8.54. The van der Waals surface area contributed by atoms with Crippen molar-refractivity contribution in [2.45, 2.75) is 19.4 Å². The van der Waals surface area contributed by atoms with Gasteiger partial charge in [-0.25, -0.2) is 0 Å². The number of rotatable bonds is 4. The average Bonchev–Trinajstić information content (AvgIpc) is 2.36. The fourth-order valence-corrected chi connectivity index (χ4v) is 1.50. The first kappa shape index (κ1) is 14.2. The number of likely N-dealkylation sites (N-methyl/N-ethyl adjacent to an activating group) is 1. The molecule has 0 radical (unpaired) electrons. The second-order valence-electron chi connectivity index (χ2n) is 4.09. The summed E-state index contributed by atoms with van der Waals surface area (Å²) in [5, 5.41) is 4.12. The molecule has 18 heavy (non-hydrogen) atoms. The predicted molar refractivity (Wildman–Crippen MR) is 69.6 cm³/mol. The summed E-state index contributed by atoms with van der Waals surface area (Å²) in [6.45, 7) is 1.39. The van der Waals surface area contributed by atoms with Crippen molar-refractivity contribution in [2.75, 3.05) is 14.1 Å². The minimum atomic E-state index is -0.366. The van der Waals surface area contributed by atoms with Crippen molar-refractivity contribution in [2.24, 2.45) is 0 Å². The molecule has 1 aromatic carbocycles. The third-order valence-electron chi connectivity index (χ3n) is 2.70. The van der Waals surface area contributed by atoms with E-state index in [4.69, 9.17) is 0 Å². The van der Waals surface area contributed by atoms with Gasteiger partial charge in [0.1, 0.15) is 0 Å². The molecule has 0 aromatic heterocycles. The Labute approximate surface area is 107 Å².